The number of hydrogen-bond acceptors (Lipinski definition) is 3. The van der Waals surface area contributed by atoms with Gasteiger partial charge in [-0.1, -0.05) is 0 Å². The van der Waals surface area contributed by atoms with E-state index in [-0.39, 0.29) is 0 Å². The molecule has 0 fully saturated rings. The van der Waals surface area contributed by atoms with Crippen molar-refractivity contribution < 1.29 is 4.74 Å². The number of aryl methyl sites for hydroxylation is 3. The lowest BCUT2D eigenvalue weighted by molar-refractivity contribution is 0.399. The van der Waals surface area contributed by atoms with E-state index in [0.717, 1.165) is 22.5 Å². The van der Waals surface area contributed by atoms with Crippen molar-refractivity contribution in [2.24, 2.45) is 7.05 Å². The van der Waals surface area contributed by atoms with Crippen molar-refractivity contribution in [1.82, 2.24) is 14.5 Å². The van der Waals surface area contributed by atoms with E-state index >= 15 is 0 Å². The summed E-state index contributed by atoms with van der Waals surface area (Å²) >= 11 is 0. The second-order valence-corrected chi connectivity index (χ2v) is 4.94. The molecule has 0 spiro atoms. The van der Waals surface area contributed by atoms with Crippen LogP contribution in [0, 0.1) is 13.8 Å². The lowest BCUT2D eigenvalue weighted by atomic mass is 10.1. The summed E-state index contributed by atoms with van der Waals surface area (Å²) in [5.41, 5.74) is 5.49. The lowest BCUT2D eigenvalue weighted by Gasteiger charge is -2.09. The largest absolute Gasteiger partial charge is 0.481 e. The zero-order valence-electron chi connectivity index (χ0n) is 12.1. The fourth-order valence-corrected chi connectivity index (χ4v) is 2.74. The average Bonchev–Trinajstić information content (AvgIpc) is 2.70. The summed E-state index contributed by atoms with van der Waals surface area (Å²) in [6.45, 7) is 4.14. The number of rotatable bonds is 2. The molecule has 3 aromatic rings. The highest BCUT2D eigenvalue weighted by molar-refractivity contribution is 5.92. The molecule has 0 saturated heterocycles. The normalized spacial score (nSPS) is 11.0. The van der Waals surface area contributed by atoms with Crippen molar-refractivity contribution in [3.8, 4) is 17.1 Å². The Kier molecular flexibility index (Phi) is 2.93. The molecular weight excluding hydrogens is 250 g/mol. The van der Waals surface area contributed by atoms with E-state index in [4.69, 9.17) is 4.74 Å². The molecule has 3 heterocycles. The minimum absolute atomic E-state index is 0.645. The quantitative estimate of drug-likeness (QED) is 0.715. The van der Waals surface area contributed by atoms with Crippen LogP contribution in [0.15, 0.2) is 30.6 Å². The minimum Gasteiger partial charge on any atom is -0.481 e. The molecule has 102 valence electrons. The Labute approximate surface area is 118 Å². The van der Waals surface area contributed by atoms with Gasteiger partial charge in [0, 0.05) is 24.3 Å². The van der Waals surface area contributed by atoms with Crippen LogP contribution < -0.4 is 4.74 Å². The summed E-state index contributed by atoms with van der Waals surface area (Å²) < 4.78 is 7.54. The topological polar surface area (TPSA) is 39.9 Å². The molecule has 20 heavy (non-hydrogen) atoms. The highest BCUT2D eigenvalue weighted by atomic mass is 16.5. The molecule has 0 amide bonds. The van der Waals surface area contributed by atoms with E-state index in [1.54, 1.807) is 13.3 Å². The summed E-state index contributed by atoms with van der Waals surface area (Å²) in [6.07, 6.45) is 3.66. The summed E-state index contributed by atoms with van der Waals surface area (Å²) in [7, 11) is 3.70. The standard InChI is InChI=1S/C16H17N3O/c1-10-8-13-11(2)15(19(3)14(13)9-18-10)12-6-5-7-17-16(12)20-4/h5-9H,1-4H3. The van der Waals surface area contributed by atoms with Crippen molar-refractivity contribution in [3.05, 3.63) is 41.9 Å². The van der Waals surface area contributed by atoms with Gasteiger partial charge in [-0.25, -0.2) is 4.98 Å². The molecule has 3 rings (SSSR count). The van der Waals surface area contributed by atoms with Crippen LogP contribution in [-0.2, 0) is 7.05 Å². The van der Waals surface area contributed by atoms with E-state index < -0.39 is 0 Å². The molecule has 0 radical (unpaired) electrons. The Morgan fingerprint density at radius 1 is 1.20 bits per heavy atom. The first-order chi connectivity index (χ1) is 9.63. The van der Waals surface area contributed by atoms with Crippen LogP contribution in [0.2, 0.25) is 0 Å². The van der Waals surface area contributed by atoms with Gasteiger partial charge in [0.15, 0.2) is 0 Å². The Morgan fingerprint density at radius 3 is 2.75 bits per heavy atom. The number of methoxy groups -OCH3 is 1. The third-order valence-electron chi connectivity index (χ3n) is 3.70. The third-order valence-corrected chi connectivity index (χ3v) is 3.70. The van der Waals surface area contributed by atoms with Gasteiger partial charge in [0.2, 0.25) is 5.88 Å². The van der Waals surface area contributed by atoms with Crippen molar-refractivity contribution in [2.75, 3.05) is 7.11 Å². The highest BCUT2D eigenvalue weighted by Crippen LogP contribution is 2.35. The van der Waals surface area contributed by atoms with Gasteiger partial charge >= 0.3 is 0 Å². The van der Waals surface area contributed by atoms with Crippen LogP contribution in [0.1, 0.15) is 11.3 Å². The van der Waals surface area contributed by atoms with Gasteiger partial charge in [-0.2, -0.15) is 0 Å². The summed E-state index contributed by atoms with van der Waals surface area (Å²) in [5, 5.41) is 1.22. The molecule has 3 aromatic heterocycles. The van der Waals surface area contributed by atoms with Crippen LogP contribution in [-0.4, -0.2) is 21.6 Å². The summed E-state index contributed by atoms with van der Waals surface area (Å²) in [4.78, 5) is 8.68. The van der Waals surface area contributed by atoms with E-state index in [9.17, 15) is 0 Å². The second-order valence-electron chi connectivity index (χ2n) is 4.94. The summed E-state index contributed by atoms with van der Waals surface area (Å²) in [5.74, 6) is 0.645. The second kappa shape index (κ2) is 4.63. The van der Waals surface area contributed by atoms with Gasteiger partial charge < -0.3 is 9.30 Å². The first-order valence-electron chi connectivity index (χ1n) is 6.54. The van der Waals surface area contributed by atoms with Gasteiger partial charge in [0.1, 0.15) is 0 Å². The van der Waals surface area contributed by atoms with E-state index in [1.165, 1.54) is 10.9 Å². The van der Waals surface area contributed by atoms with Crippen molar-refractivity contribution in [3.63, 3.8) is 0 Å². The van der Waals surface area contributed by atoms with Gasteiger partial charge in [-0.05, 0) is 37.6 Å². The maximum absolute atomic E-state index is 5.39. The number of nitrogens with zero attached hydrogens (tertiary/aromatic N) is 3. The van der Waals surface area contributed by atoms with Crippen molar-refractivity contribution in [2.45, 2.75) is 13.8 Å². The number of hydrogen-bond donors (Lipinski definition) is 0. The molecule has 0 N–H and O–H groups in total. The molecule has 0 aliphatic carbocycles. The number of fused-ring (bicyclic) bond motifs is 1. The van der Waals surface area contributed by atoms with E-state index in [2.05, 4.69) is 27.5 Å². The zero-order valence-corrected chi connectivity index (χ0v) is 12.1. The maximum Gasteiger partial charge on any atom is 0.222 e. The Hall–Kier alpha value is -2.36. The summed E-state index contributed by atoms with van der Waals surface area (Å²) in [6, 6.07) is 6.09. The van der Waals surface area contributed by atoms with Crippen LogP contribution in [0.25, 0.3) is 22.2 Å². The molecule has 0 atom stereocenters. The first-order valence-corrected chi connectivity index (χ1v) is 6.54. The number of ether oxygens (including phenoxy) is 1. The Bertz CT molecular complexity index is 790. The molecule has 0 aromatic carbocycles. The molecular formula is C16H17N3O. The van der Waals surface area contributed by atoms with Gasteiger partial charge in [0.25, 0.3) is 0 Å². The lowest BCUT2D eigenvalue weighted by Crippen LogP contribution is -1.97. The molecule has 0 saturated carbocycles. The Balaban J connectivity index is 2.37. The fourth-order valence-electron chi connectivity index (χ4n) is 2.74. The fraction of sp³-hybridized carbons (Fsp3) is 0.250. The average molecular weight is 267 g/mol. The predicted octanol–water partition coefficient (Wildman–Crippen LogP) is 3.26. The van der Waals surface area contributed by atoms with Crippen LogP contribution in [0.4, 0.5) is 0 Å². The third kappa shape index (κ3) is 1.76. The van der Waals surface area contributed by atoms with Gasteiger partial charge in [-0.15, -0.1) is 0 Å². The monoisotopic (exact) mass is 267 g/mol. The van der Waals surface area contributed by atoms with Crippen LogP contribution >= 0.6 is 0 Å². The predicted molar refractivity (Wildman–Crippen MR) is 80.0 cm³/mol. The number of aromatic nitrogens is 3. The van der Waals surface area contributed by atoms with Crippen molar-refractivity contribution in [1.29, 1.82) is 0 Å². The van der Waals surface area contributed by atoms with Gasteiger partial charge in [-0.3, -0.25) is 4.98 Å². The molecule has 0 unspecified atom stereocenters. The first kappa shape index (κ1) is 12.7. The van der Waals surface area contributed by atoms with Crippen LogP contribution in [0.3, 0.4) is 0 Å². The zero-order chi connectivity index (χ0) is 14.3. The molecule has 4 nitrogen and oxygen atoms in total. The SMILES string of the molecule is COc1ncccc1-c1c(C)c2cc(C)ncc2n1C. The van der Waals surface area contributed by atoms with Crippen molar-refractivity contribution >= 4 is 10.9 Å². The highest BCUT2D eigenvalue weighted by Gasteiger charge is 2.17. The van der Waals surface area contributed by atoms with E-state index in [0.29, 0.717) is 5.88 Å². The molecule has 0 aliphatic heterocycles. The van der Waals surface area contributed by atoms with E-state index in [1.807, 2.05) is 32.3 Å². The smallest absolute Gasteiger partial charge is 0.222 e. The molecule has 0 bridgehead atoms. The maximum atomic E-state index is 5.39. The Morgan fingerprint density at radius 2 is 2.00 bits per heavy atom. The molecule has 4 heteroatoms. The van der Waals surface area contributed by atoms with Gasteiger partial charge in [0.05, 0.1) is 30.1 Å². The molecule has 0 aliphatic rings. The van der Waals surface area contributed by atoms with Crippen LogP contribution in [0.5, 0.6) is 5.88 Å². The number of pyridine rings is 2. The minimum atomic E-state index is 0.645.